The normalized spacial score (nSPS) is 10.2. The second-order valence-corrected chi connectivity index (χ2v) is 4.16. The van der Waals surface area contributed by atoms with Crippen LogP contribution in [0, 0.1) is 0 Å². The first-order valence-electron chi connectivity index (χ1n) is 5.35. The minimum absolute atomic E-state index is 0.124. The number of benzene rings is 1. The van der Waals surface area contributed by atoms with E-state index in [-0.39, 0.29) is 22.9 Å². The number of carboxylic acids is 1. The van der Waals surface area contributed by atoms with Gasteiger partial charge in [-0.3, -0.25) is 4.98 Å². The van der Waals surface area contributed by atoms with Crippen LogP contribution < -0.4 is 4.74 Å². The third kappa shape index (κ3) is 3.14. The molecule has 0 radical (unpaired) electrons. The van der Waals surface area contributed by atoms with E-state index in [1.807, 2.05) is 6.07 Å². The summed E-state index contributed by atoms with van der Waals surface area (Å²) in [6, 6.07) is 5.93. The van der Waals surface area contributed by atoms with E-state index in [4.69, 9.17) is 21.4 Å². The van der Waals surface area contributed by atoms with Gasteiger partial charge in [0.25, 0.3) is 0 Å². The van der Waals surface area contributed by atoms with Gasteiger partial charge in [-0.25, -0.2) is 4.79 Å². The maximum atomic E-state index is 10.8. The molecule has 0 saturated heterocycles. The highest BCUT2D eigenvalue weighted by Gasteiger charge is 2.14. The molecule has 19 heavy (non-hydrogen) atoms. The fourth-order valence-electron chi connectivity index (χ4n) is 1.47. The molecule has 0 spiro atoms. The molecule has 0 bridgehead atoms. The third-order valence-electron chi connectivity index (χ3n) is 2.40. The van der Waals surface area contributed by atoms with Crippen LogP contribution in [0.3, 0.4) is 0 Å². The summed E-state index contributed by atoms with van der Waals surface area (Å²) >= 11 is 5.90. The number of carboxylic acid groups (broad SMARTS) is 1. The van der Waals surface area contributed by atoms with Crippen LogP contribution in [0.1, 0.15) is 15.9 Å². The number of aromatic carboxylic acids is 1. The van der Waals surface area contributed by atoms with Gasteiger partial charge in [-0.05, 0) is 12.1 Å². The standard InChI is InChI=1S/C13H10ClNO4/c14-10-4-9(13(17)18)11(16)5-12(10)19-7-8-2-1-3-15-6-8/h1-6,16H,7H2,(H,17,18). The summed E-state index contributed by atoms with van der Waals surface area (Å²) in [5.41, 5.74) is 0.569. The summed E-state index contributed by atoms with van der Waals surface area (Å²) in [4.78, 5) is 14.7. The van der Waals surface area contributed by atoms with Crippen LogP contribution in [0.25, 0.3) is 0 Å². The molecule has 98 valence electrons. The SMILES string of the molecule is O=C(O)c1cc(Cl)c(OCc2cccnc2)cc1O. The summed E-state index contributed by atoms with van der Waals surface area (Å²) in [6.45, 7) is 0.222. The summed E-state index contributed by atoms with van der Waals surface area (Å²) in [5, 5.41) is 18.5. The van der Waals surface area contributed by atoms with E-state index in [2.05, 4.69) is 4.98 Å². The van der Waals surface area contributed by atoms with Crippen molar-refractivity contribution in [3.63, 3.8) is 0 Å². The van der Waals surface area contributed by atoms with E-state index in [9.17, 15) is 9.90 Å². The molecule has 0 aliphatic rings. The zero-order valence-corrected chi connectivity index (χ0v) is 10.5. The molecule has 0 saturated carbocycles. The molecule has 0 unspecified atom stereocenters. The number of nitrogens with zero attached hydrogens (tertiary/aromatic N) is 1. The van der Waals surface area contributed by atoms with E-state index in [1.54, 1.807) is 18.5 Å². The molecule has 1 heterocycles. The van der Waals surface area contributed by atoms with E-state index in [1.165, 1.54) is 6.07 Å². The second-order valence-electron chi connectivity index (χ2n) is 3.75. The van der Waals surface area contributed by atoms with Crippen molar-refractivity contribution in [1.82, 2.24) is 4.98 Å². The van der Waals surface area contributed by atoms with Gasteiger partial charge in [0, 0.05) is 24.0 Å². The molecule has 0 amide bonds. The van der Waals surface area contributed by atoms with Gasteiger partial charge >= 0.3 is 5.97 Å². The van der Waals surface area contributed by atoms with Crippen LogP contribution in [0.5, 0.6) is 11.5 Å². The molecule has 0 fully saturated rings. The van der Waals surface area contributed by atoms with Crippen molar-refractivity contribution < 1.29 is 19.7 Å². The van der Waals surface area contributed by atoms with Gasteiger partial charge in [0.2, 0.25) is 0 Å². The van der Waals surface area contributed by atoms with Gasteiger partial charge in [0.15, 0.2) is 0 Å². The summed E-state index contributed by atoms with van der Waals surface area (Å²) in [5.74, 6) is -1.43. The number of hydrogen-bond acceptors (Lipinski definition) is 4. The molecule has 0 atom stereocenters. The van der Waals surface area contributed by atoms with Gasteiger partial charge in [-0.1, -0.05) is 17.7 Å². The van der Waals surface area contributed by atoms with Crippen LogP contribution >= 0.6 is 11.6 Å². The van der Waals surface area contributed by atoms with E-state index in [0.717, 1.165) is 11.6 Å². The second kappa shape index (κ2) is 5.58. The number of aromatic nitrogens is 1. The van der Waals surface area contributed by atoms with Gasteiger partial charge in [-0.15, -0.1) is 0 Å². The van der Waals surface area contributed by atoms with Crippen molar-refractivity contribution in [3.8, 4) is 11.5 Å². The number of phenols is 1. The quantitative estimate of drug-likeness (QED) is 0.899. The lowest BCUT2D eigenvalue weighted by molar-refractivity contribution is 0.0693. The smallest absolute Gasteiger partial charge is 0.339 e. The average Bonchev–Trinajstić information content (AvgIpc) is 2.40. The Bertz CT molecular complexity index is 601. The highest BCUT2D eigenvalue weighted by molar-refractivity contribution is 6.32. The Kier molecular flexibility index (Phi) is 3.87. The average molecular weight is 280 g/mol. The molecular weight excluding hydrogens is 270 g/mol. The molecule has 1 aromatic heterocycles. The maximum Gasteiger partial charge on any atom is 0.339 e. The van der Waals surface area contributed by atoms with E-state index >= 15 is 0 Å². The van der Waals surface area contributed by atoms with Crippen LogP contribution in [0.15, 0.2) is 36.7 Å². The van der Waals surface area contributed by atoms with Gasteiger partial charge in [0.1, 0.15) is 23.7 Å². The number of aromatic hydroxyl groups is 1. The summed E-state index contributed by atoms with van der Waals surface area (Å²) < 4.78 is 5.41. The van der Waals surface area contributed by atoms with Crippen LogP contribution in [0.2, 0.25) is 5.02 Å². The van der Waals surface area contributed by atoms with Crippen molar-refractivity contribution in [2.24, 2.45) is 0 Å². The molecule has 2 N–H and O–H groups in total. The zero-order valence-electron chi connectivity index (χ0n) is 9.71. The first kappa shape index (κ1) is 13.2. The molecule has 2 rings (SSSR count). The molecule has 1 aromatic carbocycles. The number of hydrogen-bond donors (Lipinski definition) is 2. The lowest BCUT2D eigenvalue weighted by atomic mass is 10.2. The maximum absolute atomic E-state index is 10.8. The Morgan fingerprint density at radius 1 is 1.42 bits per heavy atom. The Morgan fingerprint density at radius 3 is 2.84 bits per heavy atom. The van der Waals surface area contributed by atoms with Crippen molar-refractivity contribution >= 4 is 17.6 Å². The molecule has 6 heteroatoms. The third-order valence-corrected chi connectivity index (χ3v) is 2.69. The minimum Gasteiger partial charge on any atom is -0.507 e. The molecule has 5 nitrogen and oxygen atoms in total. The number of rotatable bonds is 4. The highest BCUT2D eigenvalue weighted by Crippen LogP contribution is 2.32. The number of carbonyl (C=O) groups is 1. The Morgan fingerprint density at radius 2 is 2.21 bits per heavy atom. The van der Waals surface area contributed by atoms with Gasteiger partial charge < -0.3 is 14.9 Å². The van der Waals surface area contributed by atoms with Crippen molar-refractivity contribution in [3.05, 3.63) is 52.8 Å². The first-order chi connectivity index (χ1) is 9.08. The summed E-state index contributed by atoms with van der Waals surface area (Å²) in [6.07, 6.45) is 3.28. The zero-order chi connectivity index (χ0) is 13.8. The highest BCUT2D eigenvalue weighted by atomic mass is 35.5. The fraction of sp³-hybridized carbons (Fsp3) is 0.0769. The lowest BCUT2D eigenvalue weighted by Crippen LogP contribution is -2.00. The Hall–Kier alpha value is -2.27. The van der Waals surface area contributed by atoms with Crippen molar-refractivity contribution in [1.29, 1.82) is 0 Å². The first-order valence-corrected chi connectivity index (χ1v) is 5.73. The number of ether oxygens (including phenoxy) is 1. The molecule has 0 aliphatic heterocycles. The molecular formula is C13H10ClNO4. The number of halogens is 1. The lowest BCUT2D eigenvalue weighted by Gasteiger charge is -2.09. The monoisotopic (exact) mass is 279 g/mol. The summed E-state index contributed by atoms with van der Waals surface area (Å²) in [7, 11) is 0. The predicted molar refractivity (Wildman–Crippen MR) is 68.6 cm³/mol. The number of pyridine rings is 1. The van der Waals surface area contributed by atoms with E-state index < -0.39 is 11.7 Å². The molecule has 0 aliphatic carbocycles. The molecule has 2 aromatic rings. The van der Waals surface area contributed by atoms with Gasteiger partial charge in [-0.2, -0.15) is 0 Å². The minimum atomic E-state index is -1.25. The Labute approximate surface area is 114 Å². The van der Waals surface area contributed by atoms with Crippen molar-refractivity contribution in [2.75, 3.05) is 0 Å². The predicted octanol–water partition coefficient (Wildman–Crippen LogP) is 2.72. The van der Waals surface area contributed by atoms with E-state index in [0.29, 0.717) is 0 Å². The van der Waals surface area contributed by atoms with Crippen LogP contribution in [-0.4, -0.2) is 21.2 Å². The van der Waals surface area contributed by atoms with Crippen LogP contribution in [-0.2, 0) is 6.61 Å². The van der Waals surface area contributed by atoms with Gasteiger partial charge in [0.05, 0.1) is 5.02 Å². The largest absolute Gasteiger partial charge is 0.507 e. The van der Waals surface area contributed by atoms with Crippen LogP contribution in [0.4, 0.5) is 0 Å². The Balaban J connectivity index is 2.17. The van der Waals surface area contributed by atoms with Crippen molar-refractivity contribution in [2.45, 2.75) is 6.61 Å². The topological polar surface area (TPSA) is 79.7 Å². The fourth-order valence-corrected chi connectivity index (χ4v) is 1.69.